The van der Waals surface area contributed by atoms with E-state index in [1.165, 1.54) is 18.2 Å². The van der Waals surface area contributed by atoms with Crippen LogP contribution in [0.15, 0.2) is 18.2 Å². The number of rotatable bonds is 9. The molecule has 0 aromatic heterocycles. The van der Waals surface area contributed by atoms with E-state index < -0.39 is 24.0 Å². The van der Waals surface area contributed by atoms with Gasteiger partial charge in [-0.3, -0.25) is 4.79 Å². The highest BCUT2D eigenvalue weighted by Crippen LogP contribution is 2.25. The molecule has 0 radical (unpaired) electrons. The van der Waals surface area contributed by atoms with E-state index in [-0.39, 0.29) is 24.3 Å². The summed E-state index contributed by atoms with van der Waals surface area (Å²) < 4.78 is 0. The van der Waals surface area contributed by atoms with Crippen molar-refractivity contribution in [3.63, 3.8) is 0 Å². The molecule has 0 heterocycles. The summed E-state index contributed by atoms with van der Waals surface area (Å²) in [6, 6.07) is 2.15. The average Bonchev–Trinajstić information content (AvgIpc) is 2.49. The fourth-order valence-corrected chi connectivity index (χ4v) is 2.07. The zero-order valence-electron chi connectivity index (χ0n) is 12.7. The van der Waals surface area contributed by atoms with Crippen molar-refractivity contribution in [3.05, 3.63) is 23.8 Å². The van der Waals surface area contributed by atoms with Gasteiger partial charge in [-0.1, -0.05) is 6.07 Å². The number of phenols is 2. The zero-order valence-corrected chi connectivity index (χ0v) is 12.7. The molecule has 1 aromatic carbocycles. The van der Waals surface area contributed by atoms with Gasteiger partial charge in [-0.05, 0) is 49.9 Å². The minimum Gasteiger partial charge on any atom is -0.504 e. The molecule has 0 fully saturated rings. The Bertz CT molecular complexity index is 550. The van der Waals surface area contributed by atoms with Crippen molar-refractivity contribution < 1.29 is 24.9 Å². The largest absolute Gasteiger partial charge is 0.504 e. The molecule has 0 unspecified atom stereocenters. The van der Waals surface area contributed by atoms with E-state index >= 15 is 0 Å². The summed E-state index contributed by atoms with van der Waals surface area (Å²) in [5, 5.41) is 30.2. The molecule has 8 N–H and O–H groups in total. The summed E-state index contributed by atoms with van der Waals surface area (Å²) in [5.74, 6) is -2.28. The minimum atomic E-state index is -1.12. The standard InChI is InChI=1S/C15H23N3O5/c16-6-2-1-3-11(15(22)23)18-14(21)10(17)7-9-4-5-12(19)13(20)8-9/h4-5,8,10-11,19-20H,1-3,6-7,16-17H2,(H,18,21)(H,22,23)/t10-,11-/m0/s1. The molecule has 8 nitrogen and oxygen atoms in total. The van der Waals surface area contributed by atoms with Crippen LogP contribution in [0.4, 0.5) is 0 Å². The van der Waals surface area contributed by atoms with Crippen LogP contribution in [0.3, 0.4) is 0 Å². The summed E-state index contributed by atoms with van der Waals surface area (Å²) >= 11 is 0. The second-order valence-corrected chi connectivity index (χ2v) is 5.32. The summed E-state index contributed by atoms with van der Waals surface area (Å²) in [6.45, 7) is 0.462. The number of benzene rings is 1. The van der Waals surface area contributed by atoms with Gasteiger partial charge < -0.3 is 32.1 Å². The van der Waals surface area contributed by atoms with Gasteiger partial charge in [0, 0.05) is 0 Å². The predicted octanol–water partition coefficient (Wildman–Crippen LogP) is -0.334. The van der Waals surface area contributed by atoms with Gasteiger partial charge in [0.1, 0.15) is 6.04 Å². The van der Waals surface area contributed by atoms with Crippen molar-refractivity contribution in [2.45, 2.75) is 37.8 Å². The van der Waals surface area contributed by atoms with Crippen molar-refractivity contribution >= 4 is 11.9 Å². The number of hydrogen-bond acceptors (Lipinski definition) is 6. The lowest BCUT2D eigenvalue weighted by Crippen LogP contribution is -2.49. The molecule has 1 aromatic rings. The topological polar surface area (TPSA) is 159 Å². The Labute approximate surface area is 134 Å². The molecule has 0 saturated carbocycles. The summed E-state index contributed by atoms with van der Waals surface area (Å²) in [7, 11) is 0. The molecule has 0 aliphatic rings. The van der Waals surface area contributed by atoms with Crippen molar-refractivity contribution in [2.75, 3.05) is 6.54 Å². The first kappa shape index (κ1) is 18.7. The van der Waals surface area contributed by atoms with Crippen LogP contribution in [-0.2, 0) is 16.0 Å². The predicted molar refractivity (Wildman–Crippen MR) is 83.9 cm³/mol. The van der Waals surface area contributed by atoms with Crippen LogP contribution in [0, 0.1) is 0 Å². The number of phenolic OH excluding ortho intramolecular Hbond substituents is 2. The smallest absolute Gasteiger partial charge is 0.326 e. The van der Waals surface area contributed by atoms with Crippen molar-refractivity contribution in [2.24, 2.45) is 11.5 Å². The van der Waals surface area contributed by atoms with Crippen LogP contribution in [0.25, 0.3) is 0 Å². The Hall–Kier alpha value is -2.32. The lowest BCUT2D eigenvalue weighted by Gasteiger charge is -2.18. The minimum absolute atomic E-state index is 0.106. The molecule has 1 rings (SSSR count). The van der Waals surface area contributed by atoms with Gasteiger partial charge >= 0.3 is 5.97 Å². The lowest BCUT2D eigenvalue weighted by molar-refractivity contribution is -0.142. The first-order valence-electron chi connectivity index (χ1n) is 7.34. The van der Waals surface area contributed by atoms with Crippen molar-refractivity contribution in [3.8, 4) is 11.5 Å². The molecule has 0 aliphatic heterocycles. The van der Waals surface area contributed by atoms with Crippen molar-refractivity contribution in [1.29, 1.82) is 0 Å². The number of aliphatic carboxylic acids is 1. The number of amides is 1. The van der Waals surface area contributed by atoms with E-state index in [0.29, 0.717) is 24.9 Å². The number of hydrogen-bond donors (Lipinski definition) is 6. The van der Waals surface area contributed by atoms with Gasteiger partial charge in [0.15, 0.2) is 11.5 Å². The molecule has 0 spiro atoms. The van der Waals surface area contributed by atoms with E-state index in [4.69, 9.17) is 16.6 Å². The molecule has 128 valence electrons. The number of carboxylic acid groups (broad SMARTS) is 1. The summed E-state index contributed by atoms with van der Waals surface area (Å²) in [4.78, 5) is 23.2. The van der Waals surface area contributed by atoms with Gasteiger partial charge in [-0.2, -0.15) is 0 Å². The SMILES string of the molecule is NCCCC[C@H](NC(=O)[C@@H](N)Cc1ccc(O)c(O)c1)C(=O)O. The van der Waals surface area contributed by atoms with Crippen LogP contribution in [0.2, 0.25) is 0 Å². The zero-order chi connectivity index (χ0) is 17.4. The third-order valence-electron chi connectivity index (χ3n) is 3.39. The monoisotopic (exact) mass is 325 g/mol. The number of aromatic hydroxyl groups is 2. The average molecular weight is 325 g/mol. The Balaban J connectivity index is 2.59. The van der Waals surface area contributed by atoms with E-state index in [9.17, 15) is 19.8 Å². The van der Waals surface area contributed by atoms with Gasteiger partial charge in [0.2, 0.25) is 5.91 Å². The number of carbonyl (C=O) groups is 2. The third kappa shape index (κ3) is 6.13. The van der Waals surface area contributed by atoms with Crippen LogP contribution in [-0.4, -0.2) is 45.8 Å². The lowest BCUT2D eigenvalue weighted by atomic mass is 10.0. The Morgan fingerprint density at radius 1 is 1.17 bits per heavy atom. The first-order valence-corrected chi connectivity index (χ1v) is 7.34. The molecule has 23 heavy (non-hydrogen) atoms. The van der Waals surface area contributed by atoms with Crippen LogP contribution < -0.4 is 16.8 Å². The molecular formula is C15H23N3O5. The van der Waals surface area contributed by atoms with E-state index in [1.807, 2.05) is 0 Å². The highest BCUT2D eigenvalue weighted by Gasteiger charge is 2.23. The van der Waals surface area contributed by atoms with Gasteiger partial charge in [-0.25, -0.2) is 4.79 Å². The number of nitrogens with two attached hydrogens (primary N) is 2. The fourth-order valence-electron chi connectivity index (χ4n) is 2.07. The second-order valence-electron chi connectivity index (χ2n) is 5.32. The van der Waals surface area contributed by atoms with E-state index in [0.717, 1.165) is 0 Å². The van der Waals surface area contributed by atoms with Crippen LogP contribution in [0.1, 0.15) is 24.8 Å². The van der Waals surface area contributed by atoms with Gasteiger partial charge in [0.05, 0.1) is 6.04 Å². The maximum atomic E-state index is 12.0. The first-order chi connectivity index (χ1) is 10.8. The quantitative estimate of drug-likeness (QED) is 0.268. The van der Waals surface area contributed by atoms with Crippen LogP contribution >= 0.6 is 0 Å². The van der Waals surface area contributed by atoms with Crippen molar-refractivity contribution in [1.82, 2.24) is 5.32 Å². The van der Waals surface area contributed by atoms with Gasteiger partial charge in [0.25, 0.3) is 0 Å². The van der Waals surface area contributed by atoms with Crippen LogP contribution in [0.5, 0.6) is 11.5 Å². The summed E-state index contributed by atoms with van der Waals surface area (Å²) in [5.41, 5.74) is 11.7. The maximum absolute atomic E-state index is 12.0. The molecule has 1 amide bonds. The van der Waals surface area contributed by atoms with Gasteiger partial charge in [-0.15, -0.1) is 0 Å². The third-order valence-corrected chi connectivity index (χ3v) is 3.39. The second kappa shape index (κ2) is 8.96. The molecule has 0 aliphatic carbocycles. The Kier molecular flexibility index (Phi) is 7.30. The fraction of sp³-hybridized carbons (Fsp3) is 0.467. The molecular weight excluding hydrogens is 302 g/mol. The Morgan fingerprint density at radius 2 is 1.87 bits per heavy atom. The highest BCUT2D eigenvalue weighted by atomic mass is 16.4. The molecule has 2 atom stereocenters. The highest BCUT2D eigenvalue weighted by molar-refractivity contribution is 5.86. The molecule has 8 heteroatoms. The molecule has 0 saturated heterocycles. The van der Waals surface area contributed by atoms with E-state index in [1.54, 1.807) is 0 Å². The number of carbonyl (C=O) groups excluding carboxylic acids is 1. The summed E-state index contributed by atoms with van der Waals surface area (Å²) in [6.07, 6.45) is 1.66. The number of unbranched alkanes of at least 4 members (excludes halogenated alkanes) is 1. The van der Waals surface area contributed by atoms with E-state index in [2.05, 4.69) is 5.32 Å². The molecule has 0 bridgehead atoms. The Morgan fingerprint density at radius 3 is 2.43 bits per heavy atom. The normalized spacial score (nSPS) is 13.3. The number of nitrogens with one attached hydrogen (secondary N) is 1. The number of carboxylic acids is 1. The maximum Gasteiger partial charge on any atom is 0.326 e.